The van der Waals surface area contributed by atoms with Crippen LogP contribution < -0.4 is 14.2 Å². The molecule has 0 unspecified atom stereocenters. The molecule has 0 N–H and O–H groups in total. The fraction of sp³-hybridized carbons (Fsp3) is 0.235. The number of carbonyl (C=O) groups excluding carboxylic acids is 1. The molecule has 0 saturated heterocycles. The maximum Gasteiger partial charge on any atom is 0.349 e. The molecule has 0 spiro atoms. The number of hydrogen-bond donors (Lipinski definition) is 0. The largest absolute Gasteiger partial charge is 0.490 e. The average Bonchev–Trinajstić information content (AvgIpc) is 2.55. The van der Waals surface area contributed by atoms with Crippen molar-refractivity contribution in [2.24, 2.45) is 0 Å². The highest BCUT2D eigenvalue weighted by molar-refractivity contribution is 5.74. The van der Waals surface area contributed by atoms with Gasteiger partial charge in [0.05, 0.1) is 11.5 Å². The van der Waals surface area contributed by atoms with Gasteiger partial charge in [-0.2, -0.15) is 0 Å². The van der Waals surface area contributed by atoms with Gasteiger partial charge in [0.2, 0.25) is 0 Å². The lowest BCUT2D eigenvalue weighted by molar-refractivity contribution is -0.385. The Bertz CT molecular complexity index is 744. The first-order valence-electron chi connectivity index (χ1n) is 7.31. The van der Waals surface area contributed by atoms with E-state index in [0.717, 1.165) is 0 Å². The number of hydrogen-bond acceptors (Lipinski definition) is 6. The molecular weight excluding hydrogens is 314 g/mol. The van der Waals surface area contributed by atoms with E-state index in [1.165, 1.54) is 18.2 Å². The SMILES string of the molecule is CCOc1ccccc1OC(=O)COc1ccc([N+](=O)[O-])c(C)c1. The second-order valence-corrected chi connectivity index (χ2v) is 4.85. The van der Waals surface area contributed by atoms with E-state index in [1.807, 2.05) is 6.92 Å². The molecule has 126 valence electrons. The van der Waals surface area contributed by atoms with Crippen LogP contribution in [0.1, 0.15) is 12.5 Å². The summed E-state index contributed by atoms with van der Waals surface area (Å²) in [5.74, 6) is 0.540. The van der Waals surface area contributed by atoms with Gasteiger partial charge in [-0.1, -0.05) is 12.1 Å². The van der Waals surface area contributed by atoms with Gasteiger partial charge in [0.1, 0.15) is 5.75 Å². The van der Waals surface area contributed by atoms with Crippen molar-refractivity contribution >= 4 is 11.7 Å². The summed E-state index contributed by atoms with van der Waals surface area (Å²) < 4.78 is 15.9. The maximum atomic E-state index is 11.9. The minimum absolute atomic E-state index is 0.00410. The maximum absolute atomic E-state index is 11.9. The zero-order valence-corrected chi connectivity index (χ0v) is 13.4. The van der Waals surface area contributed by atoms with Crippen molar-refractivity contribution in [1.82, 2.24) is 0 Å². The smallest absolute Gasteiger partial charge is 0.349 e. The minimum Gasteiger partial charge on any atom is -0.490 e. The van der Waals surface area contributed by atoms with Gasteiger partial charge in [0, 0.05) is 11.6 Å². The van der Waals surface area contributed by atoms with Crippen molar-refractivity contribution in [2.75, 3.05) is 13.2 Å². The van der Waals surface area contributed by atoms with E-state index in [9.17, 15) is 14.9 Å². The van der Waals surface area contributed by atoms with Crippen LogP contribution >= 0.6 is 0 Å². The molecular formula is C17H17NO6. The summed E-state index contributed by atoms with van der Waals surface area (Å²) in [6.07, 6.45) is 0. The van der Waals surface area contributed by atoms with Crippen molar-refractivity contribution in [3.05, 3.63) is 58.1 Å². The van der Waals surface area contributed by atoms with Gasteiger partial charge >= 0.3 is 5.97 Å². The number of nitrogens with zero attached hydrogens (tertiary/aromatic N) is 1. The molecule has 7 nitrogen and oxygen atoms in total. The molecule has 0 saturated carbocycles. The highest BCUT2D eigenvalue weighted by Gasteiger charge is 2.13. The fourth-order valence-electron chi connectivity index (χ4n) is 2.03. The van der Waals surface area contributed by atoms with Crippen molar-refractivity contribution in [2.45, 2.75) is 13.8 Å². The molecule has 0 fully saturated rings. The van der Waals surface area contributed by atoms with Crippen LogP contribution in [0.3, 0.4) is 0 Å². The lowest BCUT2D eigenvalue weighted by Gasteiger charge is -2.11. The van der Waals surface area contributed by atoms with Crippen LogP contribution in [-0.2, 0) is 4.79 Å². The Balaban J connectivity index is 1.96. The molecule has 0 aliphatic heterocycles. The number of benzene rings is 2. The predicted octanol–water partition coefficient (Wildman–Crippen LogP) is 3.29. The third-order valence-electron chi connectivity index (χ3n) is 3.09. The number of nitro benzene ring substituents is 1. The Morgan fingerprint density at radius 2 is 1.83 bits per heavy atom. The molecule has 2 aromatic carbocycles. The normalized spacial score (nSPS) is 10.1. The molecule has 2 aromatic rings. The summed E-state index contributed by atoms with van der Waals surface area (Å²) in [6, 6.07) is 11.1. The molecule has 7 heteroatoms. The fourth-order valence-corrected chi connectivity index (χ4v) is 2.03. The quantitative estimate of drug-likeness (QED) is 0.335. The van der Waals surface area contributed by atoms with Crippen LogP contribution in [0.4, 0.5) is 5.69 Å². The van der Waals surface area contributed by atoms with Crippen LogP contribution in [0.15, 0.2) is 42.5 Å². The van der Waals surface area contributed by atoms with Crippen LogP contribution in [0, 0.1) is 17.0 Å². The first-order valence-corrected chi connectivity index (χ1v) is 7.31. The molecule has 0 radical (unpaired) electrons. The topological polar surface area (TPSA) is 87.9 Å². The Labute approximate surface area is 138 Å². The lowest BCUT2D eigenvalue weighted by atomic mass is 10.2. The molecule has 0 bridgehead atoms. The molecule has 0 aromatic heterocycles. The Morgan fingerprint density at radius 3 is 2.46 bits per heavy atom. The van der Waals surface area contributed by atoms with Crippen LogP contribution in [0.2, 0.25) is 0 Å². The third-order valence-corrected chi connectivity index (χ3v) is 3.09. The van der Waals surface area contributed by atoms with Crippen molar-refractivity contribution in [1.29, 1.82) is 0 Å². The number of ether oxygens (including phenoxy) is 3. The molecule has 0 amide bonds. The van der Waals surface area contributed by atoms with Gasteiger partial charge in [-0.25, -0.2) is 4.79 Å². The summed E-state index contributed by atoms with van der Waals surface area (Å²) in [5, 5.41) is 10.8. The van der Waals surface area contributed by atoms with E-state index in [4.69, 9.17) is 14.2 Å². The number of aryl methyl sites for hydroxylation is 1. The number of para-hydroxylation sites is 2. The van der Waals surface area contributed by atoms with Gasteiger partial charge in [0.25, 0.3) is 5.69 Å². The molecule has 0 atom stereocenters. The number of rotatable bonds is 7. The first-order chi connectivity index (χ1) is 11.5. The zero-order valence-electron chi connectivity index (χ0n) is 13.4. The second kappa shape index (κ2) is 7.96. The second-order valence-electron chi connectivity index (χ2n) is 4.85. The highest BCUT2D eigenvalue weighted by Crippen LogP contribution is 2.27. The standard InChI is InChI=1S/C17H17NO6/c1-3-22-15-6-4-5-7-16(15)24-17(19)11-23-13-8-9-14(18(20)21)12(2)10-13/h4-10H,3,11H2,1-2H3. The minimum atomic E-state index is -0.599. The number of esters is 1. The van der Waals surface area contributed by atoms with Crippen molar-refractivity contribution in [3.8, 4) is 17.2 Å². The molecule has 0 aliphatic rings. The van der Waals surface area contributed by atoms with E-state index in [-0.39, 0.29) is 12.3 Å². The molecule has 0 heterocycles. The van der Waals surface area contributed by atoms with Gasteiger partial charge in [-0.3, -0.25) is 10.1 Å². The van der Waals surface area contributed by atoms with Crippen molar-refractivity contribution < 1.29 is 23.9 Å². The van der Waals surface area contributed by atoms with Crippen LogP contribution in [-0.4, -0.2) is 24.1 Å². The summed E-state index contributed by atoms with van der Waals surface area (Å²) in [6.45, 7) is 3.56. The third kappa shape index (κ3) is 4.45. The molecule has 2 rings (SSSR count). The van der Waals surface area contributed by atoms with E-state index in [0.29, 0.717) is 29.4 Å². The zero-order chi connectivity index (χ0) is 17.5. The summed E-state index contributed by atoms with van der Waals surface area (Å²) in [7, 11) is 0. The first kappa shape index (κ1) is 17.3. The van der Waals surface area contributed by atoms with Gasteiger partial charge in [-0.15, -0.1) is 0 Å². The van der Waals surface area contributed by atoms with Gasteiger partial charge < -0.3 is 14.2 Å². The van der Waals surface area contributed by atoms with Crippen molar-refractivity contribution in [3.63, 3.8) is 0 Å². The Morgan fingerprint density at radius 1 is 1.12 bits per heavy atom. The van der Waals surface area contributed by atoms with E-state index < -0.39 is 10.9 Å². The monoisotopic (exact) mass is 331 g/mol. The number of carbonyl (C=O) groups is 1. The summed E-state index contributed by atoms with van der Waals surface area (Å²) >= 11 is 0. The highest BCUT2D eigenvalue weighted by atomic mass is 16.6. The Hall–Kier alpha value is -3.09. The lowest BCUT2D eigenvalue weighted by Crippen LogP contribution is -2.18. The molecule has 0 aliphatic carbocycles. The Kier molecular flexibility index (Phi) is 5.73. The number of nitro groups is 1. The average molecular weight is 331 g/mol. The summed E-state index contributed by atoms with van der Waals surface area (Å²) in [5.41, 5.74) is 0.447. The van der Waals surface area contributed by atoms with E-state index in [2.05, 4.69) is 0 Å². The van der Waals surface area contributed by atoms with Crippen LogP contribution in [0.5, 0.6) is 17.2 Å². The van der Waals surface area contributed by atoms with Gasteiger partial charge in [0.15, 0.2) is 18.1 Å². The van der Waals surface area contributed by atoms with E-state index in [1.54, 1.807) is 31.2 Å². The summed E-state index contributed by atoms with van der Waals surface area (Å²) in [4.78, 5) is 22.2. The molecule has 24 heavy (non-hydrogen) atoms. The van der Waals surface area contributed by atoms with E-state index >= 15 is 0 Å². The van der Waals surface area contributed by atoms with Crippen LogP contribution in [0.25, 0.3) is 0 Å². The van der Waals surface area contributed by atoms with Gasteiger partial charge in [-0.05, 0) is 38.1 Å². The predicted molar refractivity (Wildman–Crippen MR) is 86.6 cm³/mol.